The molecular formula is C29H35F4N3O2. The molecule has 0 bridgehead atoms. The zero-order chi connectivity index (χ0) is 26.9. The first-order valence-corrected chi connectivity index (χ1v) is 13.7. The number of methoxy groups -OCH3 is 1. The molecule has 2 aromatic rings. The monoisotopic (exact) mass is 533 g/mol. The molecule has 2 saturated carbocycles. The molecule has 5 nitrogen and oxygen atoms in total. The van der Waals surface area contributed by atoms with E-state index in [1.165, 1.54) is 13.2 Å². The zero-order valence-corrected chi connectivity index (χ0v) is 21.6. The zero-order valence-electron chi connectivity index (χ0n) is 21.6. The largest absolute Gasteiger partial charge is 0.372 e. The van der Waals surface area contributed by atoms with E-state index >= 15 is 8.78 Å². The number of halogens is 4. The molecule has 3 N–H and O–H groups in total. The summed E-state index contributed by atoms with van der Waals surface area (Å²) in [7, 11) is 1.32. The summed E-state index contributed by atoms with van der Waals surface area (Å²) in [5, 5.41) is 9.61. The lowest BCUT2D eigenvalue weighted by molar-refractivity contribution is -0.133. The van der Waals surface area contributed by atoms with Gasteiger partial charge in [0.15, 0.2) is 17.3 Å². The number of fused-ring (bicyclic) bond motifs is 1. The van der Waals surface area contributed by atoms with Crippen molar-refractivity contribution in [3.05, 3.63) is 59.2 Å². The summed E-state index contributed by atoms with van der Waals surface area (Å²) in [5.41, 5.74) is -1.56. The number of benzene rings is 2. The quantitative estimate of drug-likeness (QED) is 0.342. The van der Waals surface area contributed by atoms with Gasteiger partial charge in [0.25, 0.3) is 0 Å². The second-order valence-corrected chi connectivity index (χ2v) is 10.9. The van der Waals surface area contributed by atoms with Crippen molar-refractivity contribution in [3.63, 3.8) is 0 Å². The number of rotatable bonds is 7. The Kier molecular flexibility index (Phi) is 7.84. The number of anilines is 2. The Balaban J connectivity index is 1.65. The molecular weight excluding hydrogens is 498 g/mol. The third-order valence-electron chi connectivity index (χ3n) is 8.50. The van der Waals surface area contributed by atoms with Gasteiger partial charge in [-0.15, -0.1) is 0 Å². The van der Waals surface area contributed by atoms with Crippen molar-refractivity contribution in [2.24, 2.45) is 11.8 Å². The number of amides is 1. The van der Waals surface area contributed by atoms with E-state index in [9.17, 15) is 13.6 Å². The summed E-state index contributed by atoms with van der Waals surface area (Å²) in [6.45, 7) is 0. The van der Waals surface area contributed by atoms with Crippen LogP contribution in [0.4, 0.5) is 28.9 Å². The normalized spacial score (nSPS) is 21.2. The lowest BCUT2D eigenvalue weighted by Crippen LogP contribution is -2.62. The standard InChI is InChI=1S/C29H35F4N3O2/c1-38-27(25-19(30)13-8-14-20(25)31)29(35-23-15-21(32)22(33)16-24(23)36-29)26(17-9-4-2-5-10-17)28(37)34-18-11-6-3-7-12-18/h8,13-18,26-27,35-36H,2-7,9-12H2,1H3,(H,34,37). The van der Waals surface area contributed by atoms with Crippen molar-refractivity contribution in [3.8, 4) is 0 Å². The van der Waals surface area contributed by atoms with E-state index in [1.54, 1.807) is 0 Å². The highest BCUT2D eigenvalue weighted by molar-refractivity contribution is 5.86. The van der Waals surface area contributed by atoms with Crippen molar-refractivity contribution in [2.75, 3.05) is 17.7 Å². The molecule has 1 amide bonds. The minimum Gasteiger partial charge on any atom is -0.372 e. The van der Waals surface area contributed by atoms with Gasteiger partial charge in [0.05, 0.1) is 22.9 Å². The summed E-state index contributed by atoms with van der Waals surface area (Å²) < 4.78 is 64.9. The lowest BCUT2D eigenvalue weighted by atomic mass is 9.70. The second-order valence-electron chi connectivity index (χ2n) is 10.9. The third-order valence-corrected chi connectivity index (χ3v) is 8.50. The van der Waals surface area contributed by atoms with E-state index in [0.29, 0.717) is 0 Å². The second kappa shape index (κ2) is 11.1. The number of hydrogen-bond acceptors (Lipinski definition) is 4. The van der Waals surface area contributed by atoms with Gasteiger partial charge in [-0.25, -0.2) is 17.6 Å². The first-order valence-electron chi connectivity index (χ1n) is 13.7. The predicted octanol–water partition coefficient (Wildman–Crippen LogP) is 6.81. The van der Waals surface area contributed by atoms with Gasteiger partial charge in [-0.05, 0) is 43.7 Å². The fourth-order valence-corrected chi connectivity index (χ4v) is 6.77. The van der Waals surface area contributed by atoms with Crippen LogP contribution in [0.1, 0.15) is 75.9 Å². The third kappa shape index (κ3) is 4.97. The van der Waals surface area contributed by atoms with Crippen LogP contribution < -0.4 is 16.0 Å². The van der Waals surface area contributed by atoms with E-state index in [4.69, 9.17) is 4.74 Å². The van der Waals surface area contributed by atoms with Crippen LogP contribution in [-0.2, 0) is 9.53 Å². The topological polar surface area (TPSA) is 62.4 Å². The molecule has 9 heteroatoms. The summed E-state index contributed by atoms with van der Waals surface area (Å²) in [5.74, 6) is -5.06. The highest BCUT2D eigenvalue weighted by Gasteiger charge is 2.57. The van der Waals surface area contributed by atoms with Crippen LogP contribution in [0.5, 0.6) is 0 Å². The van der Waals surface area contributed by atoms with Crippen LogP contribution in [0.2, 0.25) is 0 Å². The molecule has 0 radical (unpaired) electrons. The molecule has 0 aromatic heterocycles. The number of ether oxygens (including phenoxy) is 1. The molecule has 1 aliphatic heterocycles. The van der Waals surface area contributed by atoms with E-state index < -0.39 is 41.0 Å². The smallest absolute Gasteiger partial charge is 0.228 e. The SMILES string of the molecule is COC(c1c(F)cccc1F)C1(C(C(=O)NC2CCCCC2)C2CCCCC2)Nc2cc(F)c(F)cc2N1. The van der Waals surface area contributed by atoms with Gasteiger partial charge in [-0.1, -0.05) is 44.6 Å². The fraction of sp³-hybridized carbons (Fsp3) is 0.552. The van der Waals surface area contributed by atoms with Crippen LogP contribution in [-0.4, -0.2) is 24.7 Å². The molecule has 3 aliphatic rings. The Morgan fingerprint density at radius 1 is 0.868 bits per heavy atom. The average molecular weight is 534 g/mol. The van der Waals surface area contributed by atoms with Gasteiger partial charge in [0, 0.05) is 25.3 Å². The van der Waals surface area contributed by atoms with Gasteiger partial charge in [-0.2, -0.15) is 0 Å². The fourth-order valence-electron chi connectivity index (χ4n) is 6.77. The van der Waals surface area contributed by atoms with Crippen molar-refractivity contribution >= 4 is 17.3 Å². The molecule has 2 unspecified atom stereocenters. The maximum Gasteiger partial charge on any atom is 0.228 e. The van der Waals surface area contributed by atoms with Gasteiger partial charge in [-0.3, -0.25) is 4.79 Å². The van der Waals surface area contributed by atoms with Crippen molar-refractivity contribution in [1.29, 1.82) is 0 Å². The van der Waals surface area contributed by atoms with Crippen molar-refractivity contribution in [1.82, 2.24) is 5.32 Å². The molecule has 1 heterocycles. The molecule has 2 atom stereocenters. The molecule has 5 rings (SSSR count). The summed E-state index contributed by atoms with van der Waals surface area (Å²) >= 11 is 0. The number of nitrogens with one attached hydrogen (secondary N) is 3. The molecule has 2 fully saturated rings. The summed E-state index contributed by atoms with van der Waals surface area (Å²) in [4.78, 5) is 14.2. The molecule has 206 valence electrons. The Labute approximate surface area is 220 Å². The summed E-state index contributed by atoms with van der Waals surface area (Å²) in [6.07, 6.45) is 7.89. The predicted molar refractivity (Wildman–Crippen MR) is 138 cm³/mol. The highest BCUT2D eigenvalue weighted by Crippen LogP contribution is 2.51. The van der Waals surface area contributed by atoms with Crippen LogP contribution >= 0.6 is 0 Å². The maximum absolute atomic E-state index is 15.3. The molecule has 38 heavy (non-hydrogen) atoms. The minimum absolute atomic E-state index is 0.00394. The number of hydrogen-bond donors (Lipinski definition) is 3. The van der Waals surface area contributed by atoms with Gasteiger partial charge >= 0.3 is 0 Å². The first-order chi connectivity index (χ1) is 18.3. The van der Waals surface area contributed by atoms with Crippen molar-refractivity contribution < 1.29 is 27.1 Å². The highest BCUT2D eigenvalue weighted by atomic mass is 19.2. The van der Waals surface area contributed by atoms with Gasteiger partial charge in [0.2, 0.25) is 5.91 Å². The number of carbonyl (C=O) groups excluding carboxylic acids is 1. The molecule has 2 aliphatic carbocycles. The Morgan fingerprint density at radius 3 is 1.92 bits per heavy atom. The van der Waals surface area contributed by atoms with E-state index in [2.05, 4.69) is 16.0 Å². The number of carbonyl (C=O) groups is 1. The average Bonchev–Trinajstić information content (AvgIpc) is 3.26. The van der Waals surface area contributed by atoms with Gasteiger partial charge < -0.3 is 20.7 Å². The minimum atomic E-state index is -1.61. The van der Waals surface area contributed by atoms with Crippen LogP contribution in [0, 0.1) is 35.1 Å². The van der Waals surface area contributed by atoms with E-state index in [0.717, 1.165) is 88.5 Å². The molecule has 0 saturated heterocycles. The Bertz CT molecular complexity index is 1110. The molecule has 0 spiro atoms. The van der Waals surface area contributed by atoms with Crippen molar-refractivity contribution in [2.45, 2.75) is 82.0 Å². The van der Waals surface area contributed by atoms with Crippen LogP contribution in [0.25, 0.3) is 0 Å². The lowest BCUT2D eigenvalue weighted by Gasteiger charge is -2.47. The summed E-state index contributed by atoms with van der Waals surface area (Å²) in [6, 6.07) is 5.54. The van der Waals surface area contributed by atoms with E-state index in [1.807, 2.05) is 0 Å². The Hall–Kier alpha value is -2.81. The van der Waals surface area contributed by atoms with Crippen LogP contribution in [0.3, 0.4) is 0 Å². The molecule has 2 aromatic carbocycles. The van der Waals surface area contributed by atoms with Gasteiger partial charge in [0.1, 0.15) is 17.7 Å². The van der Waals surface area contributed by atoms with E-state index in [-0.39, 0.29) is 34.8 Å². The maximum atomic E-state index is 15.3. The Morgan fingerprint density at radius 2 is 1.39 bits per heavy atom. The van der Waals surface area contributed by atoms with Crippen LogP contribution in [0.15, 0.2) is 30.3 Å². The first kappa shape index (κ1) is 26.8.